The molecule has 2 heterocycles. The molecule has 1 aliphatic rings. The van der Waals surface area contributed by atoms with Gasteiger partial charge < -0.3 is 15.3 Å². The van der Waals surface area contributed by atoms with Gasteiger partial charge in [0, 0.05) is 28.9 Å². The van der Waals surface area contributed by atoms with Gasteiger partial charge in [-0.25, -0.2) is 0 Å². The van der Waals surface area contributed by atoms with Crippen molar-refractivity contribution >= 4 is 78.7 Å². The van der Waals surface area contributed by atoms with Crippen molar-refractivity contribution in [3.05, 3.63) is 34.0 Å². The van der Waals surface area contributed by atoms with Crippen molar-refractivity contribution in [1.29, 1.82) is 0 Å². The number of aliphatic hydroxyl groups is 1. The van der Waals surface area contributed by atoms with E-state index < -0.39 is 0 Å². The first-order valence-electron chi connectivity index (χ1n) is 6.67. The maximum atomic E-state index is 9.04. The summed E-state index contributed by atoms with van der Waals surface area (Å²) < 4.78 is 1.93. The van der Waals surface area contributed by atoms with Gasteiger partial charge in [0.05, 0.1) is 11.5 Å². The summed E-state index contributed by atoms with van der Waals surface area (Å²) in [6.07, 6.45) is 2.08. The van der Waals surface area contributed by atoms with E-state index in [4.69, 9.17) is 29.5 Å². The Labute approximate surface area is 148 Å². The summed E-state index contributed by atoms with van der Waals surface area (Å²) in [4.78, 5) is 4.91. The molecule has 0 amide bonds. The highest BCUT2D eigenvalue weighted by Gasteiger charge is 2.18. The van der Waals surface area contributed by atoms with Gasteiger partial charge in [0.2, 0.25) is 0 Å². The van der Waals surface area contributed by atoms with Crippen molar-refractivity contribution < 1.29 is 5.11 Å². The normalized spacial score (nSPS) is 16.5. The van der Waals surface area contributed by atoms with Crippen LogP contribution < -0.4 is 10.2 Å². The molecular formula is C15H14N2OS4. The number of aliphatic hydroxyl groups excluding tert-OH is 1. The monoisotopic (exact) mass is 366 g/mol. The Hall–Kier alpha value is -0.990. The van der Waals surface area contributed by atoms with Crippen molar-refractivity contribution in [3.63, 3.8) is 0 Å². The van der Waals surface area contributed by atoms with Crippen LogP contribution in [0.4, 0.5) is 5.69 Å². The van der Waals surface area contributed by atoms with Crippen LogP contribution in [0.25, 0.3) is 16.2 Å². The number of hydrogen-bond acceptors (Lipinski definition) is 6. The molecular weight excluding hydrogens is 352 g/mol. The number of likely N-dealkylation sites (N-methyl/N-ethyl adjacent to an activating group) is 1. The Morgan fingerprint density at radius 2 is 2.14 bits per heavy atom. The number of benzene rings is 1. The molecule has 1 aromatic carbocycles. The lowest BCUT2D eigenvalue weighted by Crippen LogP contribution is -2.20. The third-order valence-corrected chi connectivity index (χ3v) is 5.99. The van der Waals surface area contributed by atoms with Crippen molar-refractivity contribution in [2.45, 2.75) is 0 Å². The lowest BCUT2D eigenvalue weighted by atomic mass is 10.2. The summed E-state index contributed by atoms with van der Waals surface area (Å²) in [6, 6.07) is 8.50. The SMILES string of the molecule is CN(CCO)c1ccc2cc(/C=C3\SC(=S)NC3=S)sc2c1. The number of thiophene rings is 1. The van der Waals surface area contributed by atoms with E-state index in [-0.39, 0.29) is 6.61 Å². The molecule has 2 N–H and O–H groups in total. The number of rotatable bonds is 4. The Balaban J connectivity index is 1.91. The lowest BCUT2D eigenvalue weighted by Gasteiger charge is -2.17. The van der Waals surface area contributed by atoms with E-state index in [1.54, 1.807) is 11.3 Å². The second-order valence-corrected chi connectivity index (χ2v) is 8.11. The Bertz CT molecular complexity index is 781. The summed E-state index contributed by atoms with van der Waals surface area (Å²) in [5, 5.41) is 13.2. The maximum absolute atomic E-state index is 9.04. The quantitative estimate of drug-likeness (QED) is 0.636. The van der Waals surface area contributed by atoms with Crippen LogP contribution in [0, 0.1) is 0 Å². The number of thiocarbonyl (C=S) groups is 2. The molecule has 1 aromatic heterocycles. The molecule has 0 bridgehead atoms. The van der Waals surface area contributed by atoms with Crippen molar-refractivity contribution in [3.8, 4) is 0 Å². The minimum atomic E-state index is 0.151. The summed E-state index contributed by atoms with van der Waals surface area (Å²) in [7, 11) is 1.98. The zero-order valence-corrected chi connectivity index (χ0v) is 15.1. The van der Waals surface area contributed by atoms with Crippen molar-refractivity contribution in [2.24, 2.45) is 0 Å². The first-order chi connectivity index (χ1) is 10.6. The minimum Gasteiger partial charge on any atom is -0.395 e. The second kappa shape index (κ2) is 6.64. The van der Waals surface area contributed by atoms with Crippen LogP contribution in [0.3, 0.4) is 0 Å². The van der Waals surface area contributed by atoms with Gasteiger partial charge in [-0.2, -0.15) is 0 Å². The largest absolute Gasteiger partial charge is 0.395 e. The molecule has 1 fully saturated rings. The average Bonchev–Trinajstić information content (AvgIpc) is 3.01. The molecule has 2 aromatic rings. The third-order valence-electron chi connectivity index (χ3n) is 3.31. The van der Waals surface area contributed by atoms with Gasteiger partial charge in [-0.1, -0.05) is 42.3 Å². The van der Waals surface area contributed by atoms with Crippen LogP contribution in [0.15, 0.2) is 29.2 Å². The van der Waals surface area contributed by atoms with Gasteiger partial charge in [0.15, 0.2) is 0 Å². The van der Waals surface area contributed by atoms with E-state index >= 15 is 0 Å². The molecule has 0 radical (unpaired) electrons. The van der Waals surface area contributed by atoms with E-state index in [1.165, 1.54) is 21.8 Å². The summed E-state index contributed by atoms with van der Waals surface area (Å²) in [5.74, 6) is 0. The number of nitrogens with zero attached hydrogens (tertiary/aromatic N) is 1. The number of fused-ring (bicyclic) bond motifs is 1. The molecule has 1 aliphatic heterocycles. The zero-order valence-electron chi connectivity index (χ0n) is 11.8. The fourth-order valence-electron chi connectivity index (χ4n) is 2.18. The van der Waals surface area contributed by atoms with Crippen LogP contribution in [-0.4, -0.2) is 34.6 Å². The van der Waals surface area contributed by atoms with E-state index in [2.05, 4.69) is 35.7 Å². The topological polar surface area (TPSA) is 35.5 Å². The zero-order chi connectivity index (χ0) is 15.7. The first kappa shape index (κ1) is 15.9. The molecule has 0 atom stereocenters. The average molecular weight is 367 g/mol. The highest BCUT2D eigenvalue weighted by molar-refractivity contribution is 8.27. The molecule has 0 saturated carbocycles. The van der Waals surface area contributed by atoms with Gasteiger partial charge in [0.25, 0.3) is 0 Å². The Morgan fingerprint density at radius 1 is 1.32 bits per heavy atom. The molecule has 3 nitrogen and oxygen atoms in total. The highest BCUT2D eigenvalue weighted by atomic mass is 32.2. The number of thioether (sulfide) groups is 1. The van der Waals surface area contributed by atoms with Gasteiger partial charge in [-0.3, -0.25) is 0 Å². The van der Waals surface area contributed by atoms with Crippen LogP contribution in [0.5, 0.6) is 0 Å². The Kier molecular flexibility index (Phi) is 4.79. The van der Waals surface area contributed by atoms with Crippen LogP contribution >= 0.6 is 47.5 Å². The summed E-state index contributed by atoms with van der Waals surface area (Å²) in [5.41, 5.74) is 1.11. The van der Waals surface area contributed by atoms with Gasteiger partial charge >= 0.3 is 0 Å². The predicted molar refractivity (Wildman–Crippen MR) is 106 cm³/mol. The number of hydrogen-bond donors (Lipinski definition) is 2. The van der Waals surface area contributed by atoms with E-state index in [1.807, 2.05) is 11.9 Å². The highest BCUT2D eigenvalue weighted by Crippen LogP contribution is 2.33. The van der Waals surface area contributed by atoms with Gasteiger partial charge in [-0.05, 0) is 29.7 Å². The van der Waals surface area contributed by atoms with Crippen LogP contribution in [0.1, 0.15) is 4.88 Å². The Morgan fingerprint density at radius 3 is 2.82 bits per heavy atom. The van der Waals surface area contributed by atoms with Gasteiger partial charge in [-0.15, -0.1) is 11.3 Å². The van der Waals surface area contributed by atoms with E-state index in [0.717, 1.165) is 15.5 Å². The van der Waals surface area contributed by atoms with Crippen molar-refractivity contribution in [1.82, 2.24) is 5.32 Å². The fraction of sp³-hybridized carbons (Fsp3) is 0.200. The molecule has 114 valence electrons. The van der Waals surface area contributed by atoms with Crippen LogP contribution in [0.2, 0.25) is 0 Å². The fourth-order valence-corrected chi connectivity index (χ4v) is 4.76. The standard InChI is InChI=1S/C15H14N2OS4/c1-17(4-5-18)10-3-2-9-6-11(21-12(9)7-10)8-13-14(19)16-15(20)22-13/h2-3,6-8,18H,4-5H2,1H3,(H,16,19,20)/b13-8-. The molecule has 3 rings (SSSR count). The molecule has 0 spiro atoms. The molecule has 0 unspecified atom stereocenters. The molecule has 1 saturated heterocycles. The van der Waals surface area contributed by atoms with Gasteiger partial charge in [0.1, 0.15) is 9.31 Å². The lowest BCUT2D eigenvalue weighted by molar-refractivity contribution is 0.304. The first-order valence-corrected chi connectivity index (χ1v) is 9.12. The maximum Gasteiger partial charge on any atom is 0.143 e. The number of nitrogens with one attached hydrogen (secondary N) is 1. The van der Waals surface area contributed by atoms with Crippen molar-refractivity contribution in [2.75, 3.05) is 25.1 Å². The molecule has 22 heavy (non-hydrogen) atoms. The third kappa shape index (κ3) is 3.33. The summed E-state index contributed by atoms with van der Waals surface area (Å²) in [6.45, 7) is 0.777. The molecule has 7 heteroatoms. The second-order valence-electron chi connectivity index (χ2n) is 4.87. The minimum absolute atomic E-state index is 0.151. The van der Waals surface area contributed by atoms with E-state index in [9.17, 15) is 0 Å². The van der Waals surface area contributed by atoms with Crippen LogP contribution in [-0.2, 0) is 0 Å². The summed E-state index contributed by atoms with van der Waals surface area (Å²) >= 11 is 13.6. The van der Waals surface area contributed by atoms with E-state index in [0.29, 0.717) is 15.9 Å². The smallest absolute Gasteiger partial charge is 0.143 e. The predicted octanol–water partition coefficient (Wildman–Crippen LogP) is 3.62. The number of anilines is 1. The molecule has 0 aliphatic carbocycles.